The average Bonchev–Trinajstić information content (AvgIpc) is 2.40. The largest absolute Gasteiger partial charge is 0.325 e. The molecule has 1 aliphatic rings. The summed E-state index contributed by atoms with van der Waals surface area (Å²) in [5.74, 6) is 0. The third-order valence-corrected chi connectivity index (χ3v) is 3.23. The van der Waals surface area contributed by atoms with Crippen molar-refractivity contribution in [1.29, 1.82) is 0 Å². The van der Waals surface area contributed by atoms with Crippen molar-refractivity contribution in [3.8, 4) is 0 Å². The van der Waals surface area contributed by atoms with E-state index in [1.54, 1.807) is 0 Å². The molecule has 3 heteroatoms. The number of benzene rings is 1. The lowest BCUT2D eigenvalue weighted by atomic mass is 10.1. The average molecular weight is 232 g/mol. The molecular weight excluding hydrogens is 212 g/mol. The molecule has 0 aliphatic carbocycles. The molecule has 1 fully saturated rings. The molecule has 2 rings (SSSR count). The minimum absolute atomic E-state index is 0.0398. The molecule has 0 unspecified atom stereocenters. The van der Waals surface area contributed by atoms with E-state index in [2.05, 4.69) is 18.3 Å². The normalized spacial score (nSPS) is 15.7. The number of hydrogen-bond donors (Lipinski definition) is 1. The number of urea groups is 1. The second-order valence-electron chi connectivity index (χ2n) is 4.53. The first-order valence-corrected chi connectivity index (χ1v) is 6.44. The van der Waals surface area contributed by atoms with Gasteiger partial charge in [0.25, 0.3) is 0 Å². The number of likely N-dealkylation sites (tertiary alicyclic amines) is 1. The molecule has 0 saturated carbocycles. The monoisotopic (exact) mass is 232 g/mol. The SMILES string of the molecule is CCc1cccc(NC(=O)N2CCCCC2)c1. The Balaban J connectivity index is 1.96. The summed E-state index contributed by atoms with van der Waals surface area (Å²) < 4.78 is 0. The minimum atomic E-state index is 0.0398. The molecule has 1 aromatic carbocycles. The fourth-order valence-electron chi connectivity index (χ4n) is 2.17. The fourth-order valence-corrected chi connectivity index (χ4v) is 2.17. The van der Waals surface area contributed by atoms with Gasteiger partial charge in [0.05, 0.1) is 0 Å². The van der Waals surface area contributed by atoms with E-state index >= 15 is 0 Å². The van der Waals surface area contributed by atoms with E-state index in [0.717, 1.165) is 38.0 Å². The van der Waals surface area contributed by atoms with Gasteiger partial charge in [-0.2, -0.15) is 0 Å². The first kappa shape index (κ1) is 12.0. The number of rotatable bonds is 2. The zero-order chi connectivity index (χ0) is 12.1. The molecule has 0 spiro atoms. The van der Waals surface area contributed by atoms with Gasteiger partial charge < -0.3 is 10.2 Å². The van der Waals surface area contributed by atoms with Crippen LogP contribution in [0.4, 0.5) is 10.5 Å². The summed E-state index contributed by atoms with van der Waals surface area (Å²) in [4.78, 5) is 13.9. The number of nitrogens with zero attached hydrogens (tertiary/aromatic N) is 1. The summed E-state index contributed by atoms with van der Waals surface area (Å²) in [6.07, 6.45) is 4.49. The number of anilines is 1. The van der Waals surface area contributed by atoms with Crippen molar-refractivity contribution >= 4 is 11.7 Å². The predicted octanol–water partition coefficient (Wildman–Crippen LogP) is 3.27. The quantitative estimate of drug-likeness (QED) is 0.834. The molecular formula is C14H20N2O. The zero-order valence-corrected chi connectivity index (χ0v) is 10.4. The Morgan fingerprint density at radius 3 is 2.76 bits per heavy atom. The second kappa shape index (κ2) is 5.71. The fraction of sp³-hybridized carbons (Fsp3) is 0.500. The first-order valence-electron chi connectivity index (χ1n) is 6.44. The van der Waals surface area contributed by atoms with Crippen LogP contribution in [0.5, 0.6) is 0 Å². The molecule has 3 nitrogen and oxygen atoms in total. The topological polar surface area (TPSA) is 32.3 Å². The molecule has 0 radical (unpaired) electrons. The van der Waals surface area contributed by atoms with Crippen LogP contribution in [0.15, 0.2) is 24.3 Å². The van der Waals surface area contributed by atoms with E-state index in [1.165, 1.54) is 12.0 Å². The van der Waals surface area contributed by atoms with Gasteiger partial charge in [-0.05, 0) is 43.4 Å². The maximum atomic E-state index is 12.0. The maximum absolute atomic E-state index is 12.0. The Morgan fingerprint density at radius 2 is 2.06 bits per heavy atom. The third-order valence-electron chi connectivity index (χ3n) is 3.23. The Labute approximate surface area is 103 Å². The molecule has 1 aromatic rings. The smallest absolute Gasteiger partial charge is 0.321 e. The van der Waals surface area contributed by atoms with Crippen LogP contribution in [-0.4, -0.2) is 24.0 Å². The zero-order valence-electron chi connectivity index (χ0n) is 10.4. The standard InChI is InChI=1S/C14H20N2O/c1-2-12-7-6-8-13(11-12)15-14(17)16-9-4-3-5-10-16/h6-8,11H,2-5,9-10H2,1H3,(H,15,17). The van der Waals surface area contributed by atoms with Crippen molar-refractivity contribution in [1.82, 2.24) is 4.90 Å². The van der Waals surface area contributed by atoms with Crippen molar-refractivity contribution in [2.45, 2.75) is 32.6 Å². The number of aryl methyl sites for hydroxylation is 1. The number of carbonyl (C=O) groups excluding carboxylic acids is 1. The van der Waals surface area contributed by atoms with Crippen molar-refractivity contribution in [3.05, 3.63) is 29.8 Å². The van der Waals surface area contributed by atoms with E-state index < -0.39 is 0 Å². The van der Waals surface area contributed by atoms with Crippen LogP contribution in [0.2, 0.25) is 0 Å². The summed E-state index contributed by atoms with van der Waals surface area (Å²) in [5, 5.41) is 2.97. The molecule has 92 valence electrons. The summed E-state index contributed by atoms with van der Waals surface area (Å²) in [5.41, 5.74) is 2.15. The van der Waals surface area contributed by atoms with E-state index in [4.69, 9.17) is 0 Å². The summed E-state index contributed by atoms with van der Waals surface area (Å²) in [6, 6.07) is 8.10. The summed E-state index contributed by atoms with van der Waals surface area (Å²) in [6.45, 7) is 3.89. The Kier molecular flexibility index (Phi) is 4.02. The van der Waals surface area contributed by atoms with Gasteiger partial charge in [-0.15, -0.1) is 0 Å². The Hall–Kier alpha value is -1.51. The van der Waals surface area contributed by atoms with E-state index in [0.29, 0.717) is 0 Å². The van der Waals surface area contributed by atoms with Gasteiger partial charge in [-0.25, -0.2) is 4.79 Å². The first-order chi connectivity index (χ1) is 8.29. The van der Waals surface area contributed by atoms with Gasteiger partial charge in [-0.1, -0.05) is 19.1 Å². The number of amides is 2. The van der Waals surface area contributed by atoms with Crippen molar-refractivity contribution in [2.24, 2.45) is 0 Å². The number of piperidine rings is 1. The Bertz CT molecular complexity index is 384. The van der Waals surface area contributed by atoms with E-state index in [1.807, 2.05) is 23.1 Å². The summed E-state index contributed by atoms with van der Waals surface area (Å²) >= 11 is 0. The van der Waals surface area contributed by atoms with Gasteiger partial charge in [0.15, 0.2) is 0 Å². The van der Waals surface area contributed by atoms with Gasteiger partial charge in [0.2, 0.25) is 0 Å². The number of carbonyl (C=O) groups is 1. The lowest BCUT2D eigenvalue weighted by Gasteiger charge is -2.26. The molecule has 2 amide bonds. The molecule has 1 saturated heterocycles. The van der Waals surface area contributed by atoms with Crippen molar-refractivity contribution in [2.75, 3.05) is 18.4 Å². The van der Waals surface area contributed by atoms with Crippen molar-refractivity contribution in [3.63, 3.8) is 0 Å². The van der Waals surface area contributed by atoms with Crippen molar-refractivity contribution < 1.29 is 4.79 Å². The molecule has 1 aliphatic heterocycles. The lowest BCUT2D eigenvalue weighted by molar-refractivity contribution is 0.200. The highest BCUT2D eigenvalue weighted by Crippen LogP contribution is 2.14. The highest BCUT2D eigenvalue weighted by molar-refractivity contribution is 5.89. The molecule has 0 atom stereocenters. The van der Waals surface area contributed by atoms with E-state index in [-0.39, 0.29) is 6.03 Å². The summed E-state index contributed by atoms with van der Waals surface area (Å²) in [7, 11) is 0. The van der Waals surface area contributed by atoms with Gasteiger partial charge in [-0.3, -0.25) is 0 Å². The lowest BCUT2D eigenvalue weighted by Crippen LogP contribution is -2.38. The minimum Gasteiger partial charge on any atom is -0.325 e. The number of hydrogen-bond acceptors (Lipinski definition) is 1. The molecule has 0 bridgehead atoms. The van der Waals surface area contributed by atoms with Gasteiger partial charge in [0.1, 0.15) is 0 Å². The van der Waals surface area contributed by atoms with Crippen LogP contribution in [0.1, 0.15) is 31.7 Å². The van der Waals surface area contributed by atoms with Gasteiger partial charge in [0, 0.05) is 18.8 Å². The molecule has 0 aromatic heterocycles. The van der Waals surface area contributed by atoms with Crippen LogP contribution in [0.3, 0.4) is 0 Å². The van der Waals surface area contributed by atoms with E-state index in [9.17, 15) is 4.79 Å². The number of nitrogens with one attached hydrogen (secondary N) is 1. The van der Waals surface area contributed by atoms with Crippen LogP contribution >= 0.6 is 0 Å². The predicted molar refractivity (Wildman–Crippen MR) is 70.3 cm³/mol. The van der Waals surface area contributed by atoms with Crippen LogP contribution in [-0.2, 0) is 6.42 Å². The second-order valence-corrected chi connectivity index (χ2v) is 4.53. The molecule has 1 N–H and O–H groups in total. The van der Waals surface area contributed by atoms with Crippen LogP contribution < -0.4 is 5.32 Å². The highest BCUT2D eigenvalue weighted by Gasteiger charge is 2.16. The van der Waals surface area contributed by atoms with Crippen LogP contribution in [0, 0.1) is 0 Å². The highest BCUT2D eigenvalue weighted by atomic mass is 16.2. The molecule has 17 heavy (non-hydrogen) atoms. The van der Waals surface area contributed by atoms with Gasteiger partial charge >= 0.3 is 6.03 Å². The third kappa shape index (κ3) is 3.22. The Morgan fingerprint density at radius 1 is 1.29 bits per heavy atom. The maximum Gasteiger partial charge on any atom is 0.321 e. The molecule has 1 heterocycles. The van der Waals surface area contributed by atoms with Crippen LogP contribution in [0.25, 0.3) is 0 Å².